The molecule has 14 heavy (non-hydrogen) atoms. The number of aromatic nitrogens is 1. The van der Waals surface area contributed by atoms with Crippen molar-refractivity contribution in [2.75, 3.05) is 0 Å². The molecule has 0 amide bonds. The van der Waals surface area contributed by atoms with E-state index in [0.29, 0.717) is 0 Å². The lowest BCUT2D eigenvalue weighted by Crippen LogP contribution is -2.03. The normalized spacial score (nSPS) is 10.7. The maximum absolute atomic E-state index is 12.5. The number of halogens is 5. The molecule has 1 heterocycles. The molecule has 0 aliphatic rings. The maximum atomic E-state index is 12.5. The number of hydrogen-bond acceptors (Lipinski definition) is 2. The largest absolute Gasteiger partial charge is 0.274 e. The number of rotatable bonds is 2. The second-order valence-electron chi connectivity index (χ2n) is 2.26. The minimum Gasteiger partial charge on any atom is -0.274 e. The molecule has 0 unspecified atom stereocenters. The molecule has 76 valence electrons. The van der Waals surface area contributed by atoms with Crippen molar-refractivity contribution in [2.24, 2.45) is 0 Å². The summed E-state index contributed by atoms with van der Waals surface area (Å²) in [5.74, 6) is 0. The Bertz CT molecular complexity index is 386. The number of carbonyl (C=O) groups excluding carboxylic acids is 1. The quantitative estimate of drug-likeness (QED) is 0.778. The molecule has 0 N–H and O–H groups in total. The van der Waals surface area contributed by atoms with Gasteiger partial charge in [-0.3, -0.25) is 4.79 Å². The van der Waals surface area contributed by atoms with Crippen LogP contribution in [0.15, 0.2) is 10.7 Å². The van der Waals surface area contributed by atoms with E-state index in [9.17, 15) is 13.6 Å². The Kier molecular flexibility index (Phi) is 3.80. The van der Waals surface area contributed by atoms with Crippen LogP contribution in [0, 0.1) is 0 Å². The Labute approximate surface area is 96.3 Å². The zero-order valence-corrected chi connectivity index (χ0v) is 9.50. The van der Waals surface area contributed by atoms with Gasteiger partial charge in [0.2, 0.25) is 0 Å². The lowest BCUT2D eigenvalue weighted by atomic mass is 10.2. The Morgan fingerprint density at radius 2 is 2.14 bits per heavy atom. The minimum absolute atomic E-state index is 0.00182. The van der Waals surface area contributed by atoms with Gasteiger partial charge in [-0.1, -0.05) is 11.6 Å². The number of nitrogens with zero attached hydrogens (tertiary/aromatic N) is 1. The van der Waals surface area contributed by atoms with Gasteiger partial charge < -0.3 is 0 Å². The molecule has 0 aromatic carbocycles. The fourth-order valence-electron chi connectivity index (χ4n) is 0.836. The van der Waals surface area contributed by atoms with Gasteiger partial charge in [0.1, 0.15) is 5.69 Å². The molecule has 1 aromatic rings. The van der Waals surface area contributed by atoms with Crippen LogP contribution < -0.4 is 0 Å². The summed E-state index contributed by atoms with van der Waals surface area (Å²) < 4.78 is 24.9. The Hall–Kier alpha value is -0.260. The van der Waals surface area contributed by atoms with Crippen LogP contribution in [-0.4, -0.2) is 10.2 Å². The predicted molar refractivity (Wildman–Crippen MR) is 52.1 cm³/mol. The molecule has 1 aromatic heterocycles. The third-order valence-corrected chi connectivity index (χ3v) is 2.96. The first-order valence-corrected chi connectivity index (χ1v) is 4.82. The summed E-state index contributed by atoms with van der Waals surface area (Å²) in [7, 11) is 0. The summed E-state index contributed by atoms with van der Waals surface area (Å²) in [6, 6.07) is 0. The summed E-state index contributed by atoms with van der Waals surface area (Å²) in [4.78, 5) is 14.2. The van der Waals surface area contributed by atoms with E-state index in [2.05, 4.69) is 20.9 Å². The molecule has 0 saturated heterocycles. The van der Waals surface area contributed by atoms with E-state index >= 15 is 0 Å². The number of alkyl halides is 2. The highest BCUT2D eigenvalue weighted by Crippen LogP contribution is 2.34. The van der Waals surface area contributed by atoms with Gasteiger partial charge in [-0.25, -0.2) is 13.8 Å². The molecule has 2 nitrogen and oxygen atoms in total. The van der Waals surface area contributed by atoms with Crippen molar-refractivity contribution < 1.29 is 13.6 Å². The average molecular weight is 305 g/mol. The van der Waals surface area contributed by atoms with Crippen LogP contribution in [-0.2, 0) is 0 Å². The molecule has 0 aliphatic heterocycles. The van der Waals surface area contributed by atoms with Crippen molar-refractivity contribution >= 4 is 44.4 Å². The third-order valence-electron chi connectivity index (χ3n) is 1.41. The molecule has 0 bridgehead atoms. The second kappa shape index (κ2) is 4.51. The predicted octanol–water partition coefficient (Wildman–Crippen LogP) is 3.81. The smallest absolute Gasteiger partial charge is 0.271 e. The summed E-state index contributed by atoms with van der Waals surface area (Å²) >= 11 is 13.5. The monoisotopic (exact) mass is 303 g/mol. The highest BCUT2D eigenvalue weighted by molar-refractivity contribution is 9.10. The summed E-state index contributed by atoms with van der Waals surface area (Å²) in [6.07, 6.45) is -1.79. The summed E-state index contributed by atoms with van der Waals surface area (Å²) in [6.45, 7) is 0. The van der Waals surface area contributed by atoms with E-state index < -0.39 is 22.9 Å². The van der Waals surface area contributed by atoms with Crippen LogP contribution in [0.1, 0.15) is 22.5 Å². The van der Waals surface area contributed by atoms with E-state index in [1.807, 2.05) is 0 Å². The molecular weight excluding hydrogens is 303 g/mol. The first-order chi connectivity index (χ1) is 6.45. The zero-order chi connectivity index (χ0) is 10.9. The Morgan fingerprint density at radius 1 is 1.57 bits per heavy atom. The van der Waals surface area contributed by atoms with E-state index in [1.165, 1.54) is 0 Å². The second-order valence-corrected chi connectivity index (χ2v) is 3.80. The van der Waals surface area contributed by atoms with Gasteiger partial charge in [0.05, 0.1) is 10.6 Å². The average Bonchev–Trinajstić information content (AvgIpc) is 2.08. The standard InChI is InChI=1S/C7H2BrCl2F2NO/c8-4-2(9)1-13-5(6(10)14)3(4)7(11)12/h1,7H. The van der Waals surface area contributed by atoms with Crippen LogP contribution >= 0.6 is 39.1 Å². The fraction of sp³-hybridized carbons (Fsp3) is 0.143. The first kappa shape index (κ1) is 11.8. The van der Waals surface area contributed by atoms with E-state index in [-0.39, 0.29) is 9.50 Å². The van der Waals surface area contributed by atoms with Gasteiger partial charge in [-0.05, 0) is 27.5 Å². The number of pyridine rings is 1. The number of hydrogen-bond donors (Lipinski definition) is 0. The van der Waals surface area contributed by atoms with Crippen molar-refractivity contribution in [1.82, 2.24) is 4.98 Å². The van der Waals surface area contributed by atoms with Gasteiger partial charge in [0.15, 0.2) is 0 Å². The number of carbonyl (C=O) groups is 1. The van der Waals surface area contributed by atoms with Crippen LogP contribution in [0.25, 0.3) is 0 Å². The minimum atomic E-state index is -2.87. The van der Waals surface area contributed by atoms with Crippen molar-refractivity contribution in [1.29, 1.82) is 0 Å². The van der Waals surface area contributed by atoms with Gasteiger partial charge in [0, 0.05) is 10.7 Å². The van der Waals surface area contributed by atoms with Crippen molar-refractivity contribution in [2.45, 2.75) is 6.43 Å². The van der Waals surface area contributed by atoms with Gasteiger partial charge in [-0.15, -0.1) is 0 Å². The maximum Gasteiger partial charge on any atom is 0.271 e. The van der Waals surface area contributed by atoms with Gasteiger partial charge >= 0.3 is 0 Å². The molecule has 0 saturated carbocycles. The highest BCUT2D eigenvalue weighted by atomic mass is 79.9. The lowest BCUT2D eigenvalue weighted by molar-refractivity contribution is 0.106. The van der Waals surface area contributed by atoms with Crippen LogP contribution in [0.5, 0.6) is 0 Å². The summed E-state index contributed by atoms with van der Waals surface area (Å²) in [5, 5.41) is -1.04. The molecule has 0 atom stereocenters. The van der Waals surface area contributed by atoms with Gasteiger partial charge in [-0.2, -0.15) is 0 Å². The Balaban J connectivity index is 3.45. The molecule has 0 spiro atoms. The molecule has 1 rings (SSSR count). The fourth-order valence-corrected chi connectivity index (χ4v) is 1.60. The molecule has 7 heteroatoms. The SMILES string of the molecule is O=C(Cl)c1ncc(Cl)c(Br)c1C(F)F. The highest BCUT2D eigenvalue weighted by Gasteiger charge is 2.23. The van der Waals surface area contributed by atoms with Gasteiger partial charge in [0.25, 0.3) is 11.7 Å². The van der Waals surface area contributed by atoms with Crippen molar-refractivity contribution in [3.8, 4) is 0 Å². The molecule has 0 radical (unpaired) electrons. The van der Waals surface area contributed by atoms with Crippen LogP contribution in [0.4, 0.5) is 8.78 Å². The Morgan fingerprint density at radius 3 is 2.57 bits per heavy atom. The zero-order valence-electron chi connectivity index (χ0n) is 6.40. The third kappa shape index (κ3) is 2.21. The lowest BCUT2D eigenvalue weighted by Gasteiger charge is -2.07. The molecule has 0 aliphatic carbocycles. The molecule has 0 fully saturated rings. The van der Waals surface area contributed by atoms with E-state index in [1.54, 1.807) is 0 Å². The topological polar surface area (TPSA) is 30.0 Å². The molecular formula is C7H2BrCl2F2NO. The van der Waals surface area contributed by atoms with E-state index in [4.69, 9.17) is 23.2 Å². The first-order valence-electron chi connectivity index (χ1n) is 3.27. The summed E-state index contributed by atoms with van der Waals surface area (Å²) in [5.41, 5.74) is -1.07. The van der Waals surface area contributed by atoms with Crippen molar-refractivity contribution in [3.63, 3.8) is 0 Å². The van der Waals surface area contributed by atoms with E-state index in [0.717, 1.165) is 6.20 Å². The van der Waals surface area contributed by atoms with Crippen LogP contribution in [0.3, 0.4) is 0 Å². The van der Waals surface area contributed by atoms with Crippen molar-refractivity contribution in [3.05, 3.63) is 26.9 Å². The van der Waals surface area contributed by atoms with Crippen LogP contribution in [0.2, 0.25) is 5.02 Å².